The summed E-state index contributed by atoms with van der Waals surface area (Å²) in [4.78, 5) is 12.3. The molecule has 5 aliphatic rings. The van der Waals surface area contributed by atoms with Crippen molar-refractivity contribution in [3.63, 3.8) is 0 Å². The Morgan fingerprint density at radius 2 is 1.85 bits per heavy atom. The molecule has 0 unspecified atom stereocenters. The van der Waals surface area contributed by atoms with E-state index in [0.717, 1.165) is 41.9 Å². The number of rotatable bonds is 1. The van der Waals surface area contributed by atoms with E-state index in [1.807, 2.05) is 13.0 Å². The van der Waals surface area contributed by atoms with Gasteiger partial charge in [-0.05, 0) is 80.6 Å². The lowest BCUT2D eigenvalue weighted by atomic mass is 9.50. The monoisotopic (exact) mass is 462 g/mol. The van der Waals surface area contributed by atoms with Crippen molar-refractivity contribution in [3.8, 4) is 23.3 Å². The minimum absolute atomic E-state index is 0.0420. The Kier molecular flexibility index (Phi) is 4.96. The van der Waals surface area contributed by atoms with Gasteiger partial charge in [-0.2, -0.15) is 0 Å². The van der Waals surface area contributed by atoms with Crippen LogP contribution >= 0.6 is 0 Å². The number of hydrogen-bond acceptors (Lipinski definition) is 5. The molecule has 2 N–H and O–H groups in total. The van der Waals surface area contributed by atoms with Crippen LogP contribution in [-0.4, -0.2) is 40.4 Å². The summed E-state index contributed by atoms with van der Waals surface area (Å²) in [7, 11) is 0. The third-order valence-corrected chi connectivity index (χ3v) is 9.69. The van der Waals surface area contributed by atoms with Gasteiger partial charge in [0.25, 0.3) is 0 Å². The normalized spacial score (nSPS) is 40.6. The summed E-state index contributed by atoms with van der Waals surface area (Å²) in [6.07, 6.45) is 5.25. The summed E-state index contributed by atoms with van der Waals surface area (Å²) in [6, 6.07) is 6.20. The Morgan fingerprint density at radius 3 is 2.65 bits per heavy atom. The summed E-state index contributed by atoms with van der Waals surface area (Å²) in [5.74, 6) is 8.54. The molecule has 0 spiro atoms. The van der Waals surface area contributed by atoms with Crippen LogP contribution in [0.15, 0.2) is 29.3 Å². The number of ketones is 1. The molecule has 5 nitrogen and oxygen atoms in total. The second kappa shape index (κ2) is 7.60. The van der Waals surface area contributed by atoms with Gasteiger partial charge in [-0.1, -0.05) is 24.5 Å². The van der Waals surface area contributed by atoms with E-state index in [0.29, 0.717) is 44.8 Å². The Labute approximate surface area is 201 Å². The average molecular weight is 463 g/mol. The number of ether oxygens (including phenoxy) is 2. The second-order valence-corrected chi connectivity index (χ2v) is 11.3. The molecule has 3 fully saturated rings. The van der Waals surface area contributed by atoms with Crippen LogP contribution in [0, 0.1) is 29.1 Å². The van der Waals surface area contributed by atoms with Crippen LogP contribution < -0.4 is 9.47 Å². The molecular weight excluding hydrogens is 428 g/mol. The SMILES string of the molecule is CC#C[C@]1(O)CC[C@H]2[C@@H]3CC[C@@]4(O)CC(=O)CCC4=C3[C@@H](c3ccc4c(c3)OCCO4)C[C@@]21C. The molecule has 1 heterocycles. The van der Waals surface area contributed by atoms with Crippen LogP contribution in [0.1, 0.15) is 76.7 Å². The number of aliphatic hydroxyl groups is 2. The highest BCUT2D eigenvalue weighted by Crippen LogP contribution is 2.67. The highest BCUT2D eigenvalue weighted by Gasteiger charge is 2.63. The van der Waals surface area contributed by atoms with Crippen LogP contribution in [0.2, 0.25) is 0 Å². The molecule has 6 atom stereocenters. The van der Waals surface area contributed by atoms with E-state index < -0.39 is 11.2 Å². The zero-order valence-electron chi connectivity index (χ0n) is 20.2. The van der Waals surface area contributed by atoms with E-state index in [1.54, 1.807) is 0 Å². The smallest absolute Gasteiger partial charge is 0.161 e. The molecule has 34 heavy (non-hydrogen) atoms. The van der Waals surface area contributed by atoms with Crippen molar-refractivity contribution in [2.45, 2.75) is 82.3 Å². The Morgan fingerprint density at radius 1 is 1.06 bits per heavy atom. The van der Waals surface area contributed by atoms with Gasteiger partial charge in [-0.15, -0.1) is 5.92 Å². The van der Waals surface area contributed by atoms with Gasteiger partial charge in [-0.25, -0.2) is 0 Å². The van der Waals surface area contributed by atoms with Gasteiger partial charge in [0, 0.05) is 24.2 Å². The lowest BCUT2D eigenvalue weighted by Crippen LogP contribution is -2.53. The Balaban J connectivity index is 1.53. The first-order chi connectivity index (χ1) is 16.3. The maximum Gasteiger partial charge on any atom is 0.161 e. The maximum atomic E-state index is 12.3. The zero-order valence-corrected chi connectivity index (χ0v) is 20.2. The quantitative estimate of drug-likeness (QED) is 0.481. The zero-order chi connectivity index (χ0) is 23.7. The first-order valence-corrected chi connectivity index (χ1v) is 12.8. The van der Waals surface area contributed by atoms with Crippen molar-refractivity contribution < 1.29 is 24.5 Å². The fourth-order valence-electron chi connectivity index (χ4n) is 8.09. The molecule has 1 aromatic carbocycles. The molecular formula is C29H34O5. The summed E-state index contributed by atoms with van der Waals surface area (Å²) >= 11 is 0. The number of Topliss-reactive ketones (excluding diaryl/α,β-unsaturated/α-hetero) is 1. The van der Waals surface area contributed by atoms with Crippen molar-refractivity contribution >= 4 is 5.78 Å². The van der Waals surface area contributed by atoms with E-state index in [2.05, 4.69) is 30.9 Å². The fourth-order valence-corrected chi connectivity index (χ4v) is 8.09. The van der Waals surface area contributed by atoms with Gasteiger partial charge < -0.3 is 19.7 Å². The third kappa shape index (κ3) is 3.04. The van der Waals surface area contributed by atoms with Crippen molar-refractivity contribution in [2.24, 2.45) is 17.3 Å². The number of benzene rings is 1. The fraction of sp³-hybridized carbons (Fsp3) is 0.621. The molecule has 0 radical (unpaired) electrons. The van der Waals surface area contributed by atoms with Gasteiger partial charge in [-0.3, -0.25) is 4.79 Å². The largest absolute Gasteiger partial charge is 0.486 e. The molecule has 0 aromatic heterocycles. The van der Waals surface area contributed by atoms with Crippen LogP contribution in [0.25, 0.3) is 0 Å². The topological polar surface area (TPSA) is 76.0 Å². The Hall–Kier alpha value is -2.29. The van der Waals surface area contributed by atoms with Crippen LogP contribution in [-0.2, 0) is 4.79 Å². The number of fused-ring (bicyclic) bond motifs is 5. The van der Waals surface area contributed by atoms with Crippen molar-refractivity contribution in [3.05, 3.63) is 34.9 Å². The molecule has 1 aliphatic heterocycles. The first kappa shape index (κ1) is 22.2. The highest BCUT2D eigenvalue weighted by molar-refractivity contribution is 5.82. The minimum Gasteiger partial charge on any atom is -0.486 e. The van der Waals surface area contributed by atoms with Crippen LogP contribution in [0.3, 0.4) is 0 Å². The summed E-state index contributed by atoms with van der Waals surface area (Å²) in [5.41, 5.74) is 1.19. The molecule has 180 valence electrons. The number of carbonyl (C=O) groups is 1. The van der Waals surface area contributed by atoms with Crippen LogP contribution in [0.5, 0.6) is 11.5 Å². The molecule has 0 saturated heterocycles. The predicted octanol–water partition coefficient (Wildman–Crippen LogP) is 4.31. The maximum absolute atomic E-state index is 12.3. The number of hydrogen-bond donors (Lipinski definition) is 2. The van der Waals surface area contributed by atoms with Crippen molar-refractivity contribution in [1.29, 1.82) is 0 Å². The lowest BCUT2D eigenvalue weighted by molar-refractivity contribution is -0.126. The summed E-state index contributed by atoms with van der Waals surface area (Å²) < 4.78 is 11.7. The molecule has 4 aliphatic carbocycles. The average Bonchev–Trinajstić information content (AvgIpc) is 3.08. The molecule has 3 saturated carbocycles. The van der Waals surface area contributed by atoms with Crippen LogP contribution in [0.4, 0.5) is 0 Å². The van der Waals surface area contributed by atoms with Gasteiger partial charge in [0.1, 0.15) is 24.6 Å². The molecule has 1 aromatic rings. The minimum atomic E-state index is -1.01. The van der Waals surface area contributed by atoms with E-state index >= 15 is 0 Å². The molecule has 6 rings (SSSR count). The van der Waals surface area contributed by atoms with Gasteiger partial charge >= 0.3 is 0 Å². The summed E-state index contributed by atoms with van der Waals surface area (Å²) in [6.45, 7) is 5.12. The van der Waals surface area contributed by atoms with Crippen molar-refractivity contribution in [1.82, 2.24) is 0 Å². The van der Waals surface area contributed by atoms with Gasteiger partial charge in [0.15, 0.2) is 11.5 Å². The number of allylic oxidation sites excluding steroid dienone is 1. The van der Waals surface area contributed by atoms with E-state index in [-0.39, 0.29) is 29.5 Å². The predicted molar refractivity (Wildman–Crippen MR) is 128 cm³/mol. The Bertz CT molecular complexity index is 1140. The third-order valence-electron chi connectivity index (χ3n) is 9.69. The summed E-state index contributed by atoms with van der Waals surface area (Å²) in [5, 5.41) is 23.4. The second-order valence-electron chi connectivity index (χ2n) is 11.3. The van der Waals surface area contributed by atoms with E-state index in [9.17, 15) is 15.0 Å². The highest BCUT2D eigenvalue weighted by atomic mass is 16.6. The molecule has 0 bridgehead atoms. The lowest BCUT2D eigenvalue weighted by Gasteiger charge is -2.55. The first-order valence-electron chi connectivity index (χ1n) is 12.8. The number of carbonyl (C=O) groups excluding carboxylic acids is 1. The van der Waals surface area contributed by atoms with Gasteiger partial charge in [0.2, 0.25) is 0 Å². The molecule has 5 heteroatoms. The van der Waals surface area contributed by atoms with E-state index in [4.69, 9.17) is 9.47 Å². The van der Waals surface area contributed by atoms with Crippen molar-refractivity contribution in [2.75, 3.05) is 13.2 Å². The van der Waals surface area contributed by atoms with Gasteiger partial charge in [0.05, 0.1) is 5.60 Å². The molecule has 0 amide bonds. The van der Waals surface area contributed by atoms with E-state index in [1.165, 1.54) is 5.57 Å². The standard InChI is InChI=1S/C29H34O5/c1-3-10-29(32)12-9-22-20-8-11-28(31)16-19(30)5-6-23(28)26(20)21(17-27(22,29)2)18-4-7-24-25(15-18)34-14-13-33-24/h4,7,15,20-22,31-32H,5-6,8-9,11-14,16-17H2,1-2H3/t20-,21+,22-,27-,28+,29-/m0/s1.